The minimum atomic E-state index is -1.03. The maximum absolute atomic E-state index is 14.0. The Bertz CT molecular complexity index is 1800. The lowest BCUT2D eigenvalue weighted by Crippen LogP contribution is -2.29. The van der Waals surface area contributed by atoms with Crippen molar-refractivity contribution in [1.29, 1.82) is 0 Å². The van der Waals surface area contributed by atoms with Gasteiger partial charge in [-0.2, -0.15) is 0 Å². The largest absolute Gasteiger partial charge is 0.507 e. The van der Waals surface area contributed by atoms with Crippen LogP contribution in [0.3, 0.4) is 0 Å². The van der Waals surface area contributed by atoms with Crippen molar-refractivity contribution in [1.82, 2.24) is 4.98 Å². The molecule has 1 aromatic heterocycles. The van der Waals surface area contributed by atoms with E-state index >= 15 is 0 Å². The summed E-state index contributed by atoms with van der Waals surface area (Å²) in [6.45, 7) is 8.91. The molecule has 2 aliphatic heterocycles. The van der Waals surface area contributed by atoms with Gasteiger partial charge in [-0.1, -0.05) is 31.3 Å². The summed E-state index contributed by atoms with van der Waals surface area (Å²) >= 11 is 1.10. The summed E-state index contributed by atoms with van der Waals surface area (Å²) in [7, 11) is 0. The third-order valence-corrected chi connectivity index (χ3v) is 8.71. The first-order valence-corrected chi connectivity index (χ1v) is 15.5. The molecule has 0 bridgehead atoms. The molecule has 3 aromatic carbocycles. The van der Waals surface area contributed by atoms with Crippen LogP contribution in [0.1, 0.15) is 56.8 Å². The first-order chi connectivity index (χ1) is 21.1. The number of aliphatic hydroxyl groups is 1. The SMILES string of the molecule is CCOc1cc(C2/C(=C(/O)c3ccc4c(c3)CC(C)O4)C(=O)C(=O)N2c2nc3ccc(F)cc3s2)ccc1OCCC(C)C. The molecule has 1 amide bonds. The Labute approximate surface area is 258 Å². The van der Waals surface area contributed by atoms with Gasteiger partial charge >= 0.3 is 5.91 Å². The van der Waals surface area contributed by atoms with E-state index in [0.717, 1.165) is 29.1 Å². The van der Waals surface area contributed by atoms with Crippen LogP contribution in [0.25, 0.3) is 16.0 Å². The number of hydrogen-bond acceptors (Lipinski definition) is 8. The summed E-state index contributed by atoms with van der Waals surface area (Å²) in [6, 6.07) is 13.6. The number of carbonyl (C=O) groups excluding carboxylic acids is 2. The summed E-state index contributed by atoms with van der Waals surface area (Å²) in [6.07, 6.45) is 1.51. The number of rotatable bonds is 9. The second-order valence-corrected chi connectivity index (χ2v) is 12.4. The molecule has 0 saturated carbocycles. The van der Waals surface area contributed by atoms with Crippen molar-refractivity contribution in [3.63, 3.8) is 0 Å². The lowest BCUT2D eigenvalue weighted by Gasteiger charge is -2.24. The fourth-order valence-electron chi connectivity index (χ4n) is 5.55. The van der Waals surface area contributed by atoms with E-state index < -0.39 is 23.5 Å². The van der Waals surface area contributed by atoms with Crippen molar-refractivity contribution in [3.05, 3.63) is 82.7 Å². The van der Waals surface area contributed by atoms with Crippen LogP contribution in [-0.2, 0) is 16.0 Å². The number of aromatic nitrogens is 1. The number of anilines is 1. The lowest BCUT2D eigenvalue weighted by atomic mass is 9.94. The van der Waals surface area contributed by atoms with Gasteiger partial charge in [0.2, 0.25) is 0 Å². The molecule has 0 radical (unpaired) electrons. The molecule has 228 valence electrons. The van der Waals surface area contributed by atoms with Crippen molar-refractivity contribution in [2.75, 3.05) is 18.1 Å². The lowest BCUT2D eigenvalue weighted by molar-refractivity contribution is -0.132. The van der Waals surface area contributed by atoms with Crippen molar-refractivity contribution in [2.45, 2.75) is 52.7 Å². The highest BCUT2D eigenvalue weighted by molar-refractivity contribution is 7.22. The number of Topliss-reactive ketones (excluding diaryl/α,β-unsaturated/α-hetero) is 1. The molecular weight excluding hydrogens is 583 g/mol. The molecule has 0 spiro atoms. The van der Waals surface area contributed by atoms with Gasteiger partial charge in [0.15, 0.2) is 16.6 Å². The molecule has 1 N–H and O–H groups in total. The second-order valence-electron chi connectivity index (χ2n) is 11.4. The number of amides is 1. The number of halogens is 1. The monoisotopic (exact) mass is 616 g/mol. The van der Waals surface area contributed by atoms with Gasteiger partial charge in [0, 0.05) is 12.0 Å². The highest BCUT2D eigenvalue weighted by Gasteiger charge is 2.48. The molecule has 44 heavy (non-hydrogen) atoms. The molecule has 2 aliphatic rings. The number of thiazole rings is 1. The van der Waals surface area contributed by atoms with Gasteiger partial charge in [-0.3, -0.25) is 14.5 Å². The standard InChI is InChI=1S/C34H33FN2O6S/c1-5-41-27-16-20(6-11-26(27)42-13-12-18(2)3)30-29(31(38)21-7-10-25-22(15-21)14-19(4)43-25)32(39)33(40)37(30)34-36-24-9-8-23(35)17-28(24)44-34/h6-11,15-19,30,38H,5,12-14H2,1-4H3/b31-29-. The Balaban J connectivity index is 1.50. The molecule has 2 atom stereocenters. The van der Waals surface area contributed by atoms with Crippen LogP contribution in [0.5, 0.6) is 17.2 Å². The predicted octanol–water partition coefficient (Wildman–Crippen LogP) is 7.21. The van der Waals surface area contributed by atoms with E-state index in [1.54, 1.807) is 36.4 Å². The predicted molar refractivity (Wildman–Crippen MR) is 167 cm³/mol. The maximum Gasteiger partial charge on any atom is 0.301 e. The van der Waals surface area contributed by atoms with Crippen LogP contribution in [0.2, 0.25) is 0 Å². The van der Waals surface area contributed by atoms with E-state index in [0.29, 0.717) is 58.4 Å². The first kappa shape index (κ1) is 29.6. The summed E-state index contributed by atoms with van der Waals surface area (Å²) < 4.78 is 32.3. The smallest absolute Gasteiger partial charge is 0.301 e. The fourth-order valence-corrected chi connectivity index (χ4v) is 6.56. The van der Waals surface area contributed by atoms with E-state index in [-0.39, 0.29) is 22.6 Å². The summed E-state index contributed by atoms with van der Waals surface area (Å²) in [5.41, 5.74) is 2.23. The van der Waals surface area contributed by atoms with Crippen molar-refractivity contribution in [2.24, 2.45) is 5.92 Å². The molecule has 10 heteroatoms. The molecule has 3 heterocycles. The zero-order valence-corrected chi connectivity index (χ0v) is 25.7. The topological polar surface area (TPSA) is 98.2 Å². The van der Waals surface area contributed by atoms with Gasteiger partial charge in [-0.25, -0.2) is 9.37 Å². The number of ether oxygens (including phenoxy) is 3. The highest BCUT2D eigenvalue weighted by atomic mass is 32.1. The summed E-state index contributed by atoms with van der Waals surface area (Å²) in [4.78, 5) is 33.3. The van der Waals surface area contributed by atoms with Gasteiger partial charge < -0.3 is 19.3 Å². The zero-order valence-electron chi connectivity index (χ0n) is 24.9. The normalized spacial score (nSPS) is 19.1. The number of nitrogens with zero attached hydrogens (tertiary/aromatic N) is 2. The van der Waals surface area contributed by atoms with E-state index in [4.69, 9.17) is 14.2 Å². The molecule has 2 unspecified atom stereocenters. The molecule has 8 nitrogen and oxygen atoms in total. The highest BCUT2D eigenvalue weighted by Crippen LogP contribution is 2.46. The van der Waals surface area contributed by atoms with E-state index in [1.165, 1.54) is 23.1 Å². The van der Waals surface area contributed by atoms with E-state index in [9.17, 15) is 19.1 Å². The minimum absolute atomic E-state index is 0.00453. The van der Waals surface area contributed by atoms with Gasteiger partial charge in [0.05, 0.1) is 35.0 Å². The van der Waals surface area contributed by atoms with E-state index in [1.807, 2.05) is 13.8 Å². The van der Waals surface area contributed by atoms with Crippen LogP contribution in [-0.4, -0.2) is 41.1 Å². The van der Waals surface area contributed by atoms with Gasteiger partial charge in [0.1, 0.15) is 23.4 Å². The summed E-state index contributed by atoms with van der Waals surface area (Å²) in [5.74, 6) is -0.257. The zero-order chi connectivity index (χ0) is 31.1. The average Bonchev–Trinajstić information content (AvgIpc) is 3.65. The number of carbonyl (C=O) groups is 2. The molecule has 1 fully saturated rings. The van der Waals surface area contributed by atoms with Crippen LogP contribution < -0.4 is 19.1 Å². The Hall–Kier alpha value is -4.44. The third kappa shape index (κ3) is 5.50. The Kier molecular flexibility index (Phi) is 8.02. The molecule has 4 aromatic rings. The average molecular weight is 617 g/mol. The van der Waals surface area contributed by atoms with Crippen LogP contribution >= 0.6 is 11.3 Å². The van der Waals surface area contributed by atoms with Gasteiger partial charge in [-0.05, 0) is 85.8 Å². The number of fused-ring (bicyclic) bond motifs is 2. The van der Waals surface area contributed by atoms with Crippen molar-refractivity contribution in [3.8, 4) is 17.2 Å². The molecule has 6 rings (SSSR count). The number of hydrogen-bond donors (Lipinski definition) is 1. The number of ketones is 1. The van der Waals surface area contributed by atoms with Crippen molar-refractivity contribution < 1.29 is 33.3 Å². The molecule has 1 saturated heterocycles. The quantitative estimate of drug-likeness (QED) is 0.121. The van der Waals surface area contributed by atoms with Gasteiger partial charge in [-0.15, -0.1) is 0 Å². The van der Waals surface area contributed by atoms with Gasteiger partial charge in [0.25, 0.3) is 5.78 Å². The Morgan fingerprint density at radius 2 is 1.93 bits per heavy atom. The second kappa shape index (κ2) is 11.9. The third-order valence-electron chi connectivity index (χ3n) is 7.70. The first-order valence-electron chi connectivity index (χ1n) is 14.7. The molecule has 0 aliphatic carbocycles. The Morgan fingerprint density at radius 3 is 2.70 bits per heavy atom. The minimum Gasteiger partial charge on any atom is -0.507 e. The number of aliphatic hydroxyl groups excluding tert-OH is 1. The van der Waals surface area contributed by atoms with Crippen LogP contribution in [0, 0.1) is 11.7 Å². The van der Waals surface area contributed by atoms with Crippen LogP contribution in [0.4, 0.5) is 9.52 Å². The maximum atomic E-state index is 14.0. The number of benzene rings is 3. The Morgan fingerprint density at radius 1 is 1.11 bits per heavy atom. The fraction of sp³-hybridized carbons (Fsp3) is 0.324. The van der Waals surface area contributed by atoms with E-state index in [2.05, 4.69) is 18.8 Å². The van der Waals surface area contributed by atoms with Crippen LogP contribution in [0.15, 0.2) is 60.2 Å². The molecular formula is C34H33FN2O6S. The summed E-state index contributed by atoms with van der Waals surface area (Å²) in [5, 5.41) is 11.9. The van der Waals surface area contributed by atoms with Crippen molar-refractivity contribution >= 4 is 44.1 Å².